The second-order valence-electron chi connectivity index (χ2n) is 4.82. The summed E-state index contributed by atoms with van der Waals surface area (Å²) in [6.07, 6.45) is 3.21. The average Bonchev–Trinajstić information content (AvgIpc) is 2.51. The molecular weight excluding hydrogens is 204 g/mol. The predicted octanol–water partition coefficient (Wildman–Crippen LogP) is 0.917. The van der Waals surface area contributed by atoms with Crippen molar-refractivity contribution in [3.8, 4) is 0 Å². The summed E-state index contributed by atoms with van der Waals surface area (Å²) in [5, 5.41) is 6.20. The van der Waals surface area contributed by atoms with Crippen molar-refractivity contribution in [1.29, 1.82) is 0 Å². The molecule has 1 aliphatic heterocycles. The van der Waals surface area contributed by atoms with Gasteiger partial charge in [0.1, 0.15) is 0 Å². The lowest BCUT2D eigenvalue weighted by atomic mass is 10.1. The van der Waals surface area contributed by atoms with Gasteiger partial charge in [-0.3, -0.25) is 4.79 Å². The van der Waals surface area contributed by atoms with Crippen LogP contribution >= 0.6 is 0 Å². The monoisotopic (exact) mass is 228 g/mol. The molecule has 1 heterocycles. The number of rotatable bonds is 5. The molecule has 0 radical (unpaired) electrons. The standard InChI is InChI=1S/C12H24N2O2/c1-10(2)8-14-12(15)9-13-11-4-3-6-16-7-5-11/h10-11,13H,3-9H2,1-2H3,(H,14,15). The summed E-state index contributed by atoms with van der Waals surface area (Å²) in [6, 6.07) is 0.437. The first-order valence-electron chi connectivity index (χ1n) is 6.26. The van der Waals surface area contributed by atoms with Gasteiger partial charge in [0, 0.05) is 25.8 Å². The predicted molar refractivity (Wildman–Crippen MR) is 64.3 cm³/mol. The van der Waals surface area contributed by atoms with E-state index in [2.05, 4.69) is 24.5 Å². The van der Waals surface area contributed by atoms with E-state index in [1.165, 1.54) is 0 Å². The Labute approximate surface area is 98.1 Å². The summed E-state index contributed by atoms with van der Waals surface area (Å²) in [4.78, 5) is 11.5. The van der Waals surface area contributed by atoms with E-state index in [4.69, 9.17) is 4.74 Å². The molecule has 0 saturated carbocycles. The van der Waals surface area contributed by atoms with Gasteiger partial charge in [-0.15, -0.1) is 0 Å². The molecule has 1 rings (SSSR count). The van der Waals surface area contributed by atoms with Crippen LogP contribution in [0.25, 0.3) is 0 Å². The molecule has 1 fully saturated rings. The first kappa shape index (κ1) is 13.5. The molecule has 1 unspecified atom stereocenters. The van der Waals surface area contributed by atoms with Crippen LogP contribution in [-0.4, -0.2) is 38.3 Å². The van der Waals surface area contributed by atoms with Gasteiger partial charge in [-0.05, 0) is 25.2 Å². The number of ether oxygens (including phenoxy) is 1. The third-order valence-electron chi connectivity index (χ3n) is 2.71. The van der Waals surface area contributed by atoms with Crippen molar-refractivity contribution in [2.75, 3.05) is 26.3 Å². The van der Waals surface area contributed by atoms with E-state index in [-0.39, 0.29) is 5.91 Å². The minimum atomic E-state index is 0.0962. The zero-order chi connectivity index (χ0) is 11.8. The Morgan fingerprint density at radius 3 is 2.94 bits per heavy atom. The first-order valence-corrected chi connectivity index (χ1v) is 6.26. The molecule has 1 aliphatic rings. The van der Waals surface area contributed by atoms with Crippen molar-refractivity contribution in [2.45, 2.75) is 39.2 Å². The Hall–Kier alpha value is -0.610. The second kappa shape index (κ2) is 7.63. The van der Waals surface area contributed by atoms with Crippen molar-refractivity contribution in [3.05, 3.63) is 0 Å². The maximum atomic E-state index is 11.5. The number of hydrogen-bond donors (Lipinski definition) is 2. The molecule has 1 atom stereocenters. The van der Waals surface area contributed by atoms with Gasteiger partial charge < -0.3 is 15.4 Å². The van der Waals surface area contributed by atoms with E-state index >= 15 is 0 Å². The molecule has 0 aromatic heterocycles. The molecule has 0 bridgehead atoms. The van der Waals surface area contributed by atoms with Gasteiger partial charge >= 0.3 is 0 Å². The summed E-state index contributed by atoms with van der Waals surface area (Å²) in [5.74, 6) is 0.606. The van der Waals surface area contributed by atoms with Crippen molar-refractivity contribution in [1.82, 2.24) is 10.6 Å². The lowest BCUT2D eigenvalue weighted by Crippen LogP contribution is -2.40. The molecule has 16 heavy (non-hydrogen) atoms. The van der Waals surface area contributed by atoms with E-state index in [9.17, 15) is 4.79 Å². The van der Waals surface area contributed by atoms with E-state index in [1.807, 2.05) is 0 Å². The van der Waals surface area contributed by atoms with Gasteiger partial charge in [-0.2, -0.15) is 0 Å². The highest BCUT2D eigenvalue weighted by molar-refractivity contribution is 5.77. The van der Waals surface area contributed by atoms with Crippen LogP contribution in [0.2, 0.25) is 0 Å². The summed E-state index contributed by atoms with van der Waals surface area (Å²) >= 11 is 0. The van der Waals surface area contributed by atoms with Gasteiger partial charge in [-0.25, -0.2) is 0 Å². The Kier molecular flexibility index (Phi) is 6.42. The van der Waals surface area contributed by atoms with Crippen molar-refractivity contribution in [2.24, 2.45) is 5.92 Å². The highest BCUT2D eigenvalue weighted by Crippen LogP contribution is 2.07. The molecular formula is C12H24N2O2. The molecule has 0 aliphatic carbocycles. The molecule has 2 N–H and O–H groups in total. The van der Waals surface area contributed by atoms with Crippen LogP contribution in [0.4, 0.5) is 0 Å². The molecule has 0 aromatic carbocycles. The number of carbonyl (C=O) groups is 1. The zero-order valence-corrected chi connectivity index (χ0v) is 10.4. The Morgan fingerprint density at radius 1 is 1.38 bits per heavy atom. The number of hydrogen-bond acceptors (Lipinski definition) is 3. The number of nitrogens with one attached hydrogen (secondary N) is 2. The van der Waals surface area contributed by atoms with Gasteiger partial charge in [-0.1, -0.05) is 13.8 Å². The minimum Gasteiger partial charge on any atom is -0.381 e. The van der Waals surface area contributed by atoms with Crippen molar-refractivity contribution >= 4 is 5.91 Å². The topological polar surface area (TPSA) is 50.4 Å². The lowest BCUT2D eigenvalue weighted by Gasteiger charge is -2.15. The number of carbonyl (C=O) groups excluding carboxylic acids is 1. The van der Waals surface area contributed by atoms with E-state index < -0.39 is 0 Å². The molecule has 94 valence electrons. The fourth-order valence-electron chi connectivity index (χ4n) is 1.73. The van der Waals surface area contributed by atoms with Crippen LogP contribution < -0.4 is 10.6 Å². The molecule has 4 heteroatoms. The SMILES string of the molecule is CC(C)CNC(=O)CNC1CCCOCC1. The highest BCUT2D eigenvalue weighted by atomic mass is 16.5. The molecule has 4 nitrogen and oxygen atoms in total. The maximum absolute atomic E-state index is 11.5. The summed E-state index contributed by atoms with van der Waals surface area (Å²) in [5.41, 5.74) is 0. The minimum absolute atomic E-state index is 0.0962. The van der Waals surface area contributed by atoms with Gasteiger partial charge in [0.05, 0.1) is 6.54 Å². The third-order valence-corrected chi connectivity index (χ3v) is 2.71. The van der Waals surface area contributed by atoms with Crippen LogP contribution in [0.1, 0.15) is 33.1 Å². The van der Waals surface area contributed by atoms with Crippen molar-refractivity contribution in [3.63, 3.8) is 0 Å². The summed E-state index contributed by atoms with van der Waals surface area (Å²) < 4.78 is 5.37. The molecule has 0 aromatic rings. The zero-order valence-electron chi connectivity index (χ0n) is 10.4. The molecule has 1 saturated heterocycles. The van der Waals surface area contributed by atoms with E-state index in [0.717, 1.165) is 39.0 Å². The summed E-state index contributed by atoms with van der Waals surface area (Å²) in [7, 11) is 0. The van der Waals surface area contributed by atoms with E-state index in [1.54, 1.807) is 0 Å². The second-order valence-corrected chi connectivity index (χ2v) is 4.82. The quantitative estimate of drug-likeness (QED) is 0.735. The Morgan fingerprint density at radius 2 is 2.19 bits per heavy atom. The van der Waals surface area contributed by atoms with Crippen LogP contribution in [-0.2, 0) is 9.53 Å². The molecule has 1 amide bonds. The van der Waals surface area contributed by atoms with Crippen molar-refractivity contribution < 1.29 is 9.53 Å². The smallest absolute Gasteiger partial charge is 0.233 e. The van der Waals surface area contributed by atoms with Crippen LogP contribution in [0.5, 0.6) is 0 Å². The summed E-state index contributed by atoms with van der Waals surface area (Å²) in [6.45, 7) is 7.04. The van der Waals surface area contributed by atoms with Crippen LogP contribution in [0.3, 0.4) is 0 Å². The number of amides is 1. The van der Waals surface area contributed by atoms with Gasteiger partial charge in [0.15, 0.2) is 0 Å². The first-order chi connectivity index (χ1) is 7.68. The van der Waals surface area contributed by atoms with Crippen LogP contribution in [0.15, 0.2) is 0 Å². The normalized spacial score (nSPS) is 21.8. The van der Waals surface area contributed by atoms with Gasteiger partial charge in [0.25, 0.3) is 0 Å². The Bertz CT molecular complexity index is 199. The largest absolute Gasteiger partial charge is 0.381 e. The lowest BCUT2D eigenvalue weighted by molar-refractivity contribution is -0.120. The third kappa shape index (κ3) is 6.08. The Balaban J connectivity index is 2.10. The maximum Gasteiger partial charge on any atom is 0.233 e. The van der Waals surface area contributed by atoms with Crippen LogP contribution in [0, 0.1) is 5.92 Å². The fraction of sp³-hybridized carbons (Fsp3) is 0.917. The van der Waals surface area contributed by atoms with Gasteiger partial charge in [0.2, 0.25) is 5.91 Å². The highest BCUT2D eigenvalue weighted by Gasteiger charge is 2.12. The average molecular weight is 228 g/mol. The molecule has 0 spiro atoms. The van der Waals surface area contributed by atoms with E-state index in [0.29, 0.717) is 18.5 Å². The fourth-order valence-corrected chi connectivity index (χ4v) is 1.73.